The Morgan fingerprint density at radius 3 is 2.77 bits per heavy atom. The maximum Gasteiger partial charge on any atom is 0.142 e. The summed E-state index contributed by atoms with van der Waals surface area (Å²) in [5, 5.41) is 0. The van der Waals surface area contributed by atoms with Gasteiger partial charge < -0.3 is 4.79 Å². The molecule has 2 nitrogen and oxygen atoms in total. The number of carbonyl (C=O) groups excluding carboxylic acids is 2. The minimum absolute atomic E-state index is 0.154. The third-order valence-electron chi connectivity index (χ3n) is 3.60. The molecule has 0 aromatic rings. The van der Waals surface area contributed by atoms with Crippen LogP contribution < -0.4 is 0 Å². The Morgan fingerprint density at radius 1 is 1.62 bits per heavy atom. The van der Waals surface area contributed by atoms with E-state index in [9.17, 15) is 9.59 Å². The van der Waals surface area contributed by atoms with E-state index in [1.807, 2.05) is 6.92 Å². The zero-order valence-electron chi connectivity index (χ0n) is 8.30. The number of ketones is 2. The molecule has 2 aliphatic carbocycles. The van der Waals surface area contributed by atoms with Crippen LogP contribution in [0.15, 0.2) is 0 Å². The third-order valence-corrected chi connectivity index (χ3v) is 3.60. The molecular weight excluding hydrogens is 164 g/mol. The molecule has 0 unspecified atom stereocenters. The van der Waals surface area contributed by atoms with E-state index in [1.54, 1.807) is 6.92 Å². The summed E-state index contributed by atoms with van der Waals surface area (Å²) in [6.45, 7) is 3.63. The van der Waals surface area contributed by atoms with Crippen molar-refractivity contribution < 1.29 is 9.59 Å². The Kier molecular flexibility index (Phi) is 1.83. The van der Waals surface area contributed by atoms with Crippen LogP contribution >= 0.6 is 0 Å². The molecule has 2 aliphatic rings. The fourth-order valence-corrected chi connectivity index (χ4v) is 2.60. The number of fused-ring (bicyclic) bond motifs is 1. The molecule has 2 saturated carbocycles. The average molecular weight is 180 g/mol. The van der Waals surface area contributed by atoms with Crippen molar-refractivity contribution in [2.45, 2.75) is 39.5 Å². The highest BCUT2D eigenvalue weighted by atomic mass is 16.1. The summed E-state index contributed by atoms with van der Waals surface area (Å²) in [6.07, 6.45) is 3.49. The van der Waals surface area contributed by atoms with E-state index in [0.717, 1.165) is 19.3 Å². The molecule has 0 aromatic heterocycles. The normalized spacial score (nSPS) is 41.8. The Labute approximate surface area is 78.7 Å². The van der Waals surface area contributed by atoms with Gasteiger partial charge in [-0.05, 0) is 32.1 Å². The average Bonchev–Trinajstić information content (AvgIpc) is 2.74. The molecule has 0 heterocycles. The van der Waals surface area contributed by atoms with Gasteiger partial charge in [-0.2, -0.15) is 0 Å². The molecule has 72 valence electrons. The highest BCUT2D eigenvalue weighted by molar-refractivity contribution is 5.92. The van der Waals surface area contributed by atoms with Gasteiger partial charge in [0, 0.05) is 17.8 Å². The van der Waals surface area contributed by atoms with E-state index in [2.05, 4.69) is 0 Å². The van der Waals surface area contributed by atoms with Gasteiger partial charge in [0.15, 0.2) is 0 Å². The number of hydrogen-bond donors (Lipinski definition) is 0. The van der Waals surface area contributed by atoms with Crippen LogP contribution in [0.1, 0.15) is 39.5 Å². The second-order valence-corrected chi connectivity index (χ2v) is 4.93. The summed E-state index contributed by atoms with van der Waals surface area (Å²) >= 11 is 0. The number of rotatable bonds is 3. The Balaban J connectivity index is 1.97. The van der Waals surface area contributed by atoms with Crippen molar-refractivity contribution in [1.29, 1.82) is 0 Å². The van der Waals surface area contributed by atoms with Gasteiger partial charge in [-0.3, -0.25) is 4.79 Å². The molecule has 13 heavy (non-hydrogen) atoms. The Hall–Kier alpha value is -0.660. The minimum atomic E-state index is -0.154. The van der Waals surface area contributed by atoms with Gasteiger partial charge in [0.1, 0.15) is 11.6 Å². The van der Waals surface area contributed by atoms with Crippen LogP contribution in [-0.4, -0.2) is 11.6 Å². The molecule has 0 bridgehead atoms. The molecule has 2 fully saturated rings. The van der Waals surface area contributed by atoms with Crippen LogP contribution in [-0.2, 0) is 9.59 Å². The summed E-state index contributed by atoms with van der Waals surface area (Å²) in [5.41, 5.74) is -0.154. The van der Waals surface area contributed by atoms with Crippen LogP contribution in [0.3, 0.4) is 0 Å². The van der Waals surface area contributed by atoms with Crippen molar-refractivity contribution in [1.82, 2.24) is 0 Å². The van der Waals surface area contributed by atoms with Gasteiger partial charge in [0.05, 0.1) is 0 Å². The topological polar surface area (TPSA) is 34.1 Å². The number of Topliss-reactive ketones (excluding diaryl/α,β-unsaturated/α-hetero) is 2. The smallest absolute Gasteiger partial charge is 0.142 e. The van der Waals surface area contributed by atoms with E-state index in [4.69, 9.17) is 0 Å². The SMILES string of the molecule is CC(=O)CC[C@@]1(C)C[C@@H]2C[C@@H]2C1=O. The van der Waals surface area contributed by atoms with E-state index in [0.29, 0.717) is 24.0 Å². The van der Waals surface area contributed by atoms with Crippen molar-refractivity contribution >= 4 is 11.6 Å². The first-order valence-corrected chi connectivity index (χ1v) is 5.07. The maximum absolute atomic E-state index is 11.8. The van der Waals surface area contributed by atoms with Gasteiger partial charge in [0.25, 0.3) is 0 Å². The lowest BCUT2D eigenvalue weighted by atomic mass is 9.79. The predicted molar refractivity (Wildman–Crippen MR) is 49.2 cm³/mol. The molecule has 2 heteroatoms. The molecule has 3 atom stereocenters. The fourth-order valence-electron chi connectivity index (χ4n) is 2.60. The Morgan fingerprint density at radius 2 is 2.31 bits per heavy atom. The van der Waals surface area contributed by atoms with Crippen molar-refractivity contribution in [3.8, 4) is 0 Å². The lowest BCUT2D eigenvalue weighted by Crippen LogP contribution is -2.25. The van der Waals surface area contributed by atoms with Crippen LogP contribution in [0.5, 0.6) is 0 Å². The Bertz CT molecular complexity index is 269. The number of hydrogen-bond acceptors (Lipinski definition) is 2. The summed E-state index contributed by atoms with van der Waals surface area (Å²) in [4.78, 5) is 22.6. The summed E-state index contributed by atoms with van der Waals surface area (Å²) < 4.78 is 0. The van der Waals surface area contributed by atoms with Crippen molar-refractivity contribution in [3.63, 3.8) is 0 Å². The summed E-state index contributed by atoms with van der Waals surface area (Å²) in [5.74, 6) is 1.68. The largest absolute Gasteiger partial charge is 0.300 e. The first-order valence-electron chi connectivity index (χ1n) is 5.07. The monoisotopic (exact) mass is 180 g/mol. The van der Waals surface area contributed by atoms with Crippen LogP contribution in [0.4, 0.5) is 0 Å². The second-order valence-electron chi connectivity index (χ2n) is 4.93. The van der Waals surface area contributed by atoms with Crippen LogP contribution in [0, 0.1) is 17.3 Å². The molecule has 0 saturated heterocycles. The summed E-state index contributed by atoms with van der Waals surface area (Å²) in [7, 11) is 0. The highest BCUT2D eigenvalue weighted by Crippen LogP contribution is 2.58. The predicted octanol–water partition coefficient (Wildman–Crippen LogP) is 1.97. The highest BCUT2D eigenvalue weighted by Gasteiger charge is 2.58. The van der Waals surface area contributed by atoms with Crippen molar-refractivity contribution in [2.24, 2.45) is 17.3 Å². The van der Waals surface area contributed by atoms with E-state index in [-0.39, 0.29) is 11.2 Å². The zero-order chi connectivity index (χ0) is 9.64. The van der Waals surface area contributed by atoms with Crippen molar-refractivity contribution in [3.05, 3.63) is 0 Å². The molecule has 0 spiro atoms. The van der Waals surface area contributed by atoms with Gasteiger partial charge in [-0.15, -0.1) is 0 Å². The van der Waals surface area contributed by atoms with E-state index < -0.39 is 0 Å². The van der Waals surface area contributed by atoms with Gasteiger partial charge in [-0.1, -0.05) is 6.92 Å². The van der Waals surface area contributed by atoms with E-state index in [1.165, 1.54) is 0 Å². The lowest BCUT2D eigenvalue weighted by Gasteiger charge is -2.23. The molecule has 0 N–H and O–H groups in total. The fraction of sp³-hybridized carbons (Fsp3) is 0.818. The molecule has 0 radical (unpaired) electrons. The van der Waals surface area contributed by atoms with Crippen LogP contribution in [0.25, 0.3) is 0 Å². The van der Waals surface area contributed by atoms with E-state index >= 15 is 0 Å². The molecule has 0 amide bonds. The second kappa shape index (κ2) is 2.66. The molecular formula is C11H16O2. The molecule has 0 aliphatic heterocycles. The number of carbonyl (C=O) groups is 2. The first-order chi connectivity index (χ1) is 6.03. The third kappa shape index (κ3) is 1.43. The van der Waals surface area contributed by atoms with Crippen LogP contribution in [0.2, 0.25) is 0 Å². The first kappa shape index (κ1) is 8.92. The zero-order valence-corrected chi connectivity index (χ0v) is 8.30. The van der Waals surface area contributed by atoms with Gasteiger partial charge in [0.2, 0.25) is 0 Å². The molecule has 2 rings (SSSR count). The quantitative estimate of drug-likeness (QED) is 0.665. The molecule has 0 aromatic carbocycles. The maximum atomic E-state index is 11.8. The van der Waals surface area contributed by atoms with Gasteiger partial charge in [-0.25, -0.2) is 0 Å². The van der Waals surface area contributed by atoms with Gasteiger partial charge >= 0.3 is 0 Å². The lowest BCUT2D eigenvalue weighted by molar-refractivity contribution is -0.128. The standard InChI is InChI=1S/C11H16O2/c1-7(12)3-4-11(2)6-8-5-9(8)10(11)13/h8-9H,3-6H2,1-2H3/t8-,9-,11-/m0/s1. The summed E-state index contributed by atoms with van der Waals surface area (Å²) in [6, 6.07) is 0. The minimum Gasteiger partial charge on any atom is -0.300 e. The van der Waals surface area contributed by atoms with Crippen molar-refractivity contribution in [2.75, 3.05) is 0 Å².